The summed E-state index contributed by atoms with van der Waals surface area (Å²) in [5.74, 6) is -0.158. The zero-order chi connectivity index (χ0) is 13.7. The Morgan fingerprint density at radius 3 is 2.74 bits per heavy atom. The highest BCUT2D eigenvalue weighted by Gasteiger charge is 2.22. The topological polar surface area (TPSA) is 15.3 Å². The summed E-state index contributed by atoms with van der Waals surface area (Å²) in [6, 6.07) is 5.91. The lowest BCUT2D eigenvalue weighted by atomic mass is 9.98. The molecule has 0 radical (unpaired) electrons. The average Bonchev–Trinajstić information content (AvgIpc) is 2.44. The number of piperazine rings is 1. The molecule has 1 N–H and O–H groups in total. The van der Waals surface area contributed by atoms with E-state index in [0.717, 1.165) is 38.2 Å². The SMILES string of the molecule is CCCC[C@H](c1ccc(Br)c(F)c1)N1CCNCC1. The highest BCUT2D eigenvalue weighted by atomic mass is 79.9. The molecular formula is C15H22BrFN2. The van der Waals surface area contributed by atoms with Crippen LogP contribution in [0.5, 0.6) is 0 Å². The summed E-state index contributed by atoms with van der Waals surface area (Å²) in [6.45, 7) is 6.36. The molecule has 1 saturated heterocycles. The van der Waals surface area contributed by atoms with E-state index in [1.165, 1.54) is 12.8 Å². The first-order valence-corrected chi connectivity index (χ1v) is 7.91. The molecule has 0 bridgehead atoms. The van der Waals surface area contributed by atoms with Gasteiger partial charge in [0, 0.05) is 32.2 Å². The van der Waals surface area contributed by atoms with Crippen molar-refractivity contribution in [1.82, 2.24) is 10.2 Å². The highest BCUT2D eigenvalue weighted by molar-refractivity contribution is 9.10. The second-order valence-electron chi connectivity index (χ2n) is 5.12. The average molecular weight is 329 g/mol. The maximum atomic E-state index is 13.8. The van der Waals surface area contributed by atoms with E-state index in [0.29, 0.717) is 10.5 Å². The Labute approximate surface area is 123 Å². The molecule has 1 aliphatic heterocycles. The highest BCUT2D eigenvalue weighted by Crippen LogP contribution is 2.29. The van der Waals surface area contributed by atoms with Crippen molar-refractivity contribution < 1.29 is 4.39 Å². The van der Waals surface area contributed by atoms with Gasteiger partial charge in [-0.1, -0.05) is 25.8 Å². The van der Waals surface area contributed by atoms with Gasteiger partial charge in [-0.2, -0.15) is 0 Å². The molecule has 106 valence electrons. The van der Waals surface area contributed by atoms with Gasteiger partial charge in [0.15, 0.2) is 0 Å². The lowest BCUT2D eigenvalue weighted by molar-refractivity contribution is 0.163. The summed E-state index contributed by atoms with van der Waals surface area (Å²) in [7, 11) is 0. The molecule has 1 atom stereocenters. The molecule has 0 unspecified atom stereocenters. The van der Waals surface area contributed by atoms with Crippen LogP contribution in [-0.4, -0.2) is 31.1 Å². The van der Waals surface area contributed by atoms with Crippen molar-refractivity contribution in [3.05, 3.63) is 34.1 Å². The number of hydrogen-bond donors (Lipinski definition) is 1. The van der Waals surface area contributed by atoms with Gasteiger partial charge < -0.3 is 5.32 Å². The van der Waals surface area contributed by atoms with E-state index in [9.17, 15) is 4.39 Å². The number of benzene rings is 1. The van der Waals surface area contributed by atoms with Gasteiger partial charge >= 0.3 is 0 Å². The molecule has 0 aromatic heterocycles. The molecule has 0 saturated carbocycles. The Morgan fingerprint density at radius 2 is 2.11 bits per heavy atom. The normalized spacial score (nSPS) is 18.5. The van der Waals surface area contributed by atoms with Crippen molar-refractivity contribution in [2.75, 3.05) is 26.2 Å². The van der Waals surface area contributed by atoms with Crippen LogP contribution in [0.4, 0.5) is 4.39 Å². The van der Waals surface area contributed by atoms with Crippen LogP contribution in [0.15, 0.2) is 22.7 Å². The monoisotopic (exact) mass is 328 g/mol. The summed E-state index contributed by atoms with van der Waals surface area (Å²) in [5, 5.41) is 3.37. The largest absolute Gasteiger partial charge is 0.314 e. The number of hydrogen-bond acceptors (Lipinski definition) is 2. The minimum Gasteiger partial charge on any atom is -0.314 e. The van der Waals surface area contributed by atoms with Crippen molar-refractivity contribution in [3.63, 3.8) is 0 Å². The molecular weight excluding hydrogens is 307 g/mol. The van der Waals surface area contributed by atoms with Gasteiger partial charge in [-0.25, -0.2) is 4.39 Å². The van der Waals surface area contributed by atoms with Gasteiger partial charge in [-0.05, 0) is 40.0 Å². The first-order chi connectivity index (χ1) is 9.22. The molecule has 0 aliphatic carbocycles. The molecule has 1 aromatic rings. The van der Waals surface area contributed by atoms with E-state index in [-0.39, 0.29) is 5.82 Å². The van der Waals surface area contributed by atoms with Crippen LogP contribution in [0.25, 0.3) is 0 Å². The van der Waals surface area contributed by atoms with Crippen LogP contribution < -0.4 is 5.32 Å². The number of nitrogens with one attached hydrogen (secondary N) is 1. The first kappa shape index (κ1) is 14.9. The fourth-order valence-electron chi connectivity index (χ4n) is 2.67. The van der Waals surface area contributed by atoms with Crippen molar-refractivity contribution in [2.24, 2.45) is 0 Å². The summed E-state index contributed by atoms with van der Waals surface area (Å²) in [6.07, 6.45) is 3.48. The van der Waals surface area contributed by atoms with Gasteiger partial charge in [-0.3, -0.25) is 4.90 Å². The molecule has 1 fully saturated rings. The van der Waals surface area contributed by atoms with Crippen LogP contribution >= 0.6 is 15.9 Å². The number of rotatable bonds is 5. The Balaban J connectivity index is 2.17. The Hall–Kier alpha value is -0.450. The van der Waals surface area contributed by atoms with E-state index in [4.69, 9.17) is 0 Å². The third-order valence-electron chi connectivity index (χ3n) is 3.75. The maximum absolute atomic E-state index is 13.8. The molecule has 2 rings (SSSR count). The second kappa shape index (κ2) is 7.36. The Morgan fingerprint density at radius 1 is 1.37 bits per heavy atom. The van der Waals surface area contributed by atoms with Crippen molar-refractivity contribution in [3.8, 4) is 0 Å². The van der Waals surface area contributed by atoms with E-state index in [2.05, 4.69) is 39.1 Å². The third-order valence-corrected chi connectivity index (χ3v) is 4.40. The standard InChI is InChI=1S/C15H22BrFN2/c1-2-3-4-15(19-9-7-18-8-10-19)12-5-6-13(16)14(17)11-12/h5-6,11,15,18H,2-4,7-10H2,1H3/t15-/m1/s1. The van der Waals surface area contributed by atoms with Crippen LogP contribution in [0.2, 0.25) is 0 Å². The minimum atomic E-state index is -0.158. The molecule has 0 amide bonds. The Kier molecular flexibility index (Phi) is 5.79. The molecule has 1 aliphatic rings. The van der Waals surface area contributed by atoms with E-state index in [1.807, 2.05) is 6.07 Å². The second-order valence-corrected chi connectivity index (χ2v) is 5.97. The van der Waals surface area contributed by atoms with E-state index >= 15 is 0 Å². The number of nitrogens with zero attached hydrogens (tertiary/aromatic N) is 1. The predicted octanol–water partition coefficient (Wildman–Crippen LogP) is 3.72. The third kappa shape index (κ3) is 4.01. The quantitative estimate of drug-likeness (QED) is 0.886. The van der Waals surface area contributed by atoms with Gasteiger partial charge in [0.1, 0.15) is 5.82 Å². The minimum absolute atomic E-state index is 0.158. The zero-order valence-corrected chi connectivity index (χ0v) is 13.0. The zero-order valence-electron chi connectivity index (χ0n) is 11.5. The number of unbranched alkanes of at least 4 members (excludes halogenated alkanes) is 1. The maximum Gasteiger partial charge on any atom is 0.137 e. The summed E-state index contributed by atoms with van der Waals surface area (Å²) in [4.78, 5) is 2.48. The molecule has 1 aromatic carbocycles. The van der Waals surface area contributed by atoms with Crippen LogP contribution in [0.3, 0.4) is 0 Å². The van der Waals surface area contributed by atoms with Gasteiger partial charge in [0.05, 0.1) is 4.47 Å². The van der Waals surface area contributed by atoms with Crippen molar-refractivity contribution in [2.45, 2.75) is 32.2 Å². The molecule has 2 nitrogen and oxygen atoms in total. The summed E-state index contributed by atoms with van der Waals surface area (Å²) < 4.78 is 14.3. The smallest absolute Gasteiger partial charge is 0.137 e. The molecule has 0 spiro atoms. The molecule has 19 heavy (non-hydrogen) atoms. The lowest BCUT2D eigenvalue weighted by Gasteiger charge is -2.35. The van der Waals surface area contributed by atoms with Crippen molar-refractivity contribution >= 4 is 15.9 Å². The lowest BCUT2D eigenvalue weighted by Crippen LogP contribution is -2.45. The predicted molar refractivity (Wildman–Crippen MR) is 80.8 cm³/mol. The van der Waals surface area contributed by atoms with Crippen LogP contribution in [-0.2, 0) is 0 Å². The van der Waals surface area contributed by atoms with Crippen LogP contribution in [0.1, 0.15) is 37.8 Å². The number of halogens is 2. The molecule has 4 heteroatoms. The van der Waals surface area contributed by atoms with Crippen molar-refractivity contribution in [1.29, 1.82) is 0 Å². The van der Waals surface area contributed by atoms with E-state index in [1.54, 1.807) is 6.07 Å². The first-order valence-electron chi connectivity index (χ1n) is 7.12. The van der Waals surface area contributed by atoms with Gasteiger partial charge in [0.2, 0.25) is 0 Å². The fraction of sp³-hybridized carbons (Fsp3) is 0.600. The van der Waals surface area contributed by atoms with Gasteiger partial charge in [-0.15, -0.1) is 0 Å². The van der Waals surface area contributed by atoms with E-state index < -0.39 is 0 Å². The summed E-state index contributed by atoms with van der Waals surface area (Å²) in [5.41, 5.74) is 1.11. The fourth-order valence-corrected chi connectivity index (χ4v) is 2.92. The van der Waals surface area contributed by atoms with Crippen LogP contribution in [0, 0.1) is 5.82 Å². The summed E-state index contributed by atoms with van der Waals surface area (Å²) >= 11 is 3.23. The Bertz CT molecular complexity index is 405. The molecule has 1 heterocycles. The van der Waals surface area contributed by atoms with Gasteiger partial charge in [0.25, 0.3) is 0 Å².